The summed E-state index contributed by atoms with van der Waals surface area (Å²) in [6.07, 6.45) is 0.826. The number of benzene rings is 1. The van der Waals surface area contributed by atoms with E-state index >= 15 is 0 Å². The SMILES string of the molecule is CC(N)Cc1cc2cccc(O)c2n1C(C)C. The quantitative estimate of drug-likeness (QED) is 0.855. The molecule has 1 atom stereocenters. The van der Waals surface area contributed by atoms with E-state index in [1.165, 1.54) is 5.69 Å². The molecule has 0 aliphatic heterocycles. The number of rotatable bonds is 3. The summed E-state index contributed by atoms with van der Waals surface area (Å²) in [4.78, 5) is 0. The number of phenolic OH excluding ortho intramolecular Hbond substituents is 1. The summed E-state index contributed by atoms with van der Waals surface area (Å²) in [6, 6.07) is 8.19. The Morgan fingerprint density at radius 3 is 2.59 bits per heavy atom. The van der Waals surface area contributed by atoms with Crippen LogP contribution in [0, 0.1) is 0 Å². The van der Waals surface area contributed by atoms with Crippen molar-refractivity contribution < 1.29 is 5.11 Å². The number of aromatic nitrogens is 1. The second-order valence-electron chi connectivity index (χ2n) is 5.00. The standard InChI is InChI=1S/C14H20N2O/c1-9(2)16-12(7-10(3)15)8-11-5-4-6-13(17)14(11)16/h4-6,8-10,17H,7,15H2,1-3H3. The molecule has 1 unspecified atom stereocenters. The highest BCUT2D eigenvalue weighted by atomic mass is 16.3. The number of fused-ring (bicyclic) bond motifs is 1. The van der Waals surface area contributed by atoms with Crippen LogP contribution >= 0.6 is 0 Å². The lowest BCUT2D eigenvalue weighted by atomic mass is 10.2. The Kier molecular flexibility index (Phi) is 3.11. The first kappa shape index (κ1) is 12.0. The molecule has 0 fully saturated rings. The van der Waals surface area contributed by atoms with Crippen LogP contribution in [0.25, 0.3) is 10.9 Å². The minimum absolute atomic E-state index is 0.124. The molecule has 0 saturated heterocycles. The first-order valence-corrected chi connectivity index (χ1v) is 6.08. The molecular formula is C14H20N2O. The number of hydrogen-bond acceptors (Lipinski definition) is 2. The largest absolute Gasteiger partial charge is 0.506 e. The molecule has 0 aliphatic carbocycles. The van der Waals surface area contributed by atoms with Crippen LogP contribution in [0.5, 0.6) is 5.75 Å². The normalized spacial score (nSPS) is 13.5. The van der Waals surface area contributed by atoms with E-state index in [0.717, 1.165) is 17.3 Å². The van der Waals surface area contributed by atoms with Crippen LogP contribution in [0.2, 0.25) is 0 Å². The van der Waals surface area contributed by atoms with Crippen LogP contribution in [-0.4, -0.2) is 15.7 Å². The highest BCUT2D eigenvalue weighted by molar-refractivity contribution is 5.86. The molecule has 1 heterocycles. The molecule has 0 spiro atoms. The van der Waals surface area contributed by atoms with Crippen molar-refractivity contribution in [3.05, 3.63) is 30.0 Å². The smallest absolute Gasteiger partial charge is 0.139 e. The van der Waals surface area contributed by atoms with Gasteiger partial charge in [-0.1, -0.05) is 12.1 Å². The van der Waals surface area contributed by atoms with Gasteiger partial charge in [-0.05, 0) is 32.9 Å². The highest BCUT2D eigenvalue weighted by Gasteiger charge is 2.14. The van der Waals surface area contributed by atoms with Crippen molar-refractivity contribution in [3.63, 3.8) is 0 Å². The fourth-order valence-corrected chi connectivity index (χ4v) is 2.40. The van der Waals surface area contributed by atoms with Crippen LogP contribution in [-0.2, 0) is 6.42 Å². The van der Waals surface area contributed by atoms with Gasteiger partial charge in [0.1, 0.15) is 5.75 Å². The topological polar surface area (TPSA) is 51.2 Å². The van der Waals surface area contributed by atoms with Gasteiger partial charge in [-0.25, -0.2) is 0 Å². The summed E-state index contributed by atoms with van der Waals surface area (Å²) < 4.78 is 2.17. The Balaban J connectivity index is 2.67. The molecule has 0 amide bonds. The highest BCUT2D eigenvalue weighted by Crippen LogP contribution is 2.31. The second-order valence-corrected chi connectivity index (χ2v) is 5.00. The third-order valence-corrected chi connectivity index (χ3v) is 2.97. The van der Waals surface area contributed by atoms with Gasteiger partial charge in [-0.3, -0.25) is 0 Å². The zero-order chi connectivity index (χ0) is 12.6. The molecular weight excluding hydrogens is 212 g/mol. The number of hydrogen-bond donors (Lipinski definition) is 2. The minimum Gasteiger partial charge on any atom is -0.506 e. The molecule has 0 bridgehead atoms. The molecule has 0 radical (unpaired) electrons. The predicted molar refractivity (Wildman–Crippen MR) is 71.3 cm³/mol. The lowest BCUT2D eigenvalue weighted by Gasteiger charge is -2.16. The number of phenols is 1. The first-order valence-electron chi connectivity index (χ1n) is 6.08. The van der Waals surface area contributed by atoms with Crippen molar-refractivity contribution in [3.8, 4) is 5.75 Å². The van der Waals surface area contributed by atoms with Gasteiger partial charge in [-0.2, -0.15) is 0 Å². The third-order valence-electron chi connectivity index (χ3n) is 2.97. The molecule has 3 nitrogen and oxygen atoms in total. The molecule has 0 aliphatic rings. The zero-order valence-corrected chi connectivity index (χ0v) is 10.6. The van der Waals surface area contributed by atoms with Crippen molar-refractivity contribution in [1.82, 2.24) is 4.57 Å². The molecule has 0 saturated carbocycles. The van der Waals surface area contributed by atoms with Crippen LogP contribution in [0.1, 0.15) is 32.5 Å². The second kappa shape index (κ2) is 4.41. The summed E-state index contributed by atoms with van der Waals surface area (Å²) in [6.45, 7) is 6.25. The number of nitrogens with two attached hydrogens (primary N) is 1. The first-order chi connectivity index (χ1) is 8.00. The molecule has 1 aromatic heterocycles. The van der Waals surface area contributed by atoms with E-state index in [1.807, 2.05) is 19.1 Å². The predicted octanol–water partition coefficient (Wildman–Crippen LogP) is 2.82. The van der Waals surface area contributed by atoms with E-state index in [4.69, 9.17) is 5.73 Å². The average molecular weight is 232 g/mol. The molecule has 3 heteroatoms. The van der Waals surface area contributed by atoms with Gasteiger partial charge in [0, 0.05) is 29.6 Å². The number of nitrogens with zero attached hydrogens (tertiary/aromatic N) is 1. The Morgan fingerprint density at radius 2 is 2.00 bits per heavy atom. The molecule has 92 valence electrons. The molecule has 17 heavy (non-hydrogen) atoms. The molecule has 1 aromatic carbocycles. The minimum atomic E-state index is 0.124. The van der Waals surface area contributed by atoms with Crippen LogP contribution in [0.3, 0.4) is 0 Å². The molecule has 2 aromatic rings. The van der Waals surface area contributed by atoms with Gasteiger partial charge in [0.2, 0.25) is 0 Å². The zero-order valence-electron chi connectivity index (χ0n) is 10.6. The fraction of sp³-hybridized carbons (Fsp3) is 0.429. The van der Waals surface area contributed by atoms with Gasteiger partial charge in [0.25, 0.3) is 0 Å². The van der Waals surface area contributed by atoms with Crippen LogP contribution in [0.15, 0.2) is 24.3 Å². The molecule has 2 rings (SSSR count). The van der Waals surface area contributed by atoms with Crippen molar-refractivity contribution in [2.24, 2.45) is 5.73 Å². The summed E-state index contributed by atoms with van der Waals surface area (Å²) in [5, 5.41) is 11.1. The average Bonchev–Trinajstić information content (AvgIpc) is 2.56. The monoisotopic (exact) mass is 232 g/mol. The van der Waals surface area contributed by atoms with E-state index in [1.54, 1.807) is 6.07 Å². The fourth-order valence-electron chi connectivity index (χ4n) is 2.40. The van der Waals surface area contributed by atoms with E-state index in [-0.39, 0.29) is 6.04 Å². The summed E-state index contributed by atoms with van der Waals surface area (Å²) in [7, 11) is 0. The van der Waals surface area contributed by atoms with Crippen molar-refractivity contribution >= 4 is 10.9 Å². The van der Waals surface area contributed by atoms with Gasteiger partial charge in [-0.15, -0.1) is 0 Å². The van der Waals surface area contributed by atoms with E-state index in [2.05, 4.69) is 24.5 Å². The summed E-state index contributed by atoms with van der Waals surface area (Å²) >= 11 is 0. The lowest BCUT2D eigenvalue weighted by Crippen LogP contribution is -2.20. The maximum Gasteiger partial charge on any atom is 0.139 e. The van der Waals surface area contributed by atoms with E-state index in [0.29, 0.717) is 11.8 Å². The van der Waals surface area contributed by atoms with Gasteiger partial charge in [0.15, 0.2) is 0 Å². The molecule has 3 N–H and O–H groups in total. The Hall–Kier alpha value is -1.48. The van der Waals surface area contributed by atoms with E-state index < -0.39 is 0 Å². The summed E-state index contributed by atoms with van der Waals surface area (Å²) in [5.74, 6) is 0.340. The summed E-state index contributed by atoms with van der Waals surface area (Å²) in [5.41, 5.74) is 7.98. The maximum absolute atomic E-state index is 10.00. The van der Waals surface area contributed by atoms with Crippen molar-refractivity contribution in [1.29, 1.82) is 0 Å². The van der Waals surface area contributed by atoms with Gasteiger partial charge < -0.3 is 15.4 Å². The Bertz CT molecular complexity index is 526. The van der Waals surface area contributed by atoms with Crippen molar-refractivity contribution in [2.75, 3.05) is 0 Å². The van der Waals surface area contributed by atoms with E-state index in [9.17, 15) is 5.11 Å². The van der Waals surface area contributed by atoms with Crippen LogP contribution in [0.4, 0.5) is 0 Å². The lowest BCUT2D eigenvalue weighted by molar-refractivity contribution is 0.473. The van der Waals surface area contributed by atoms with Crippen LogP contribution < -0.4 is 5.73 Å². The Morgan fingerprint density at radius 1 is 1.29 bits per heavy atom. The Labute approximate surface area is 102 Å². The van der Waals surface area contributed by atoms with Gasteiger partial charge in [0.05, 0.1) is 5.52 Å². The number of para-hydroxylation sites is 1. The maximum atomic E-state index is 10.00. The third kappa shape index (κ3) is 2.15. The number of aromatic hydroxyl groups is 1. The van der Waals surface area contributed by atoms with Gasteiger partial charge >= 0.3 is 0 Å². The van der Waals surface area contributed by atoms with Crippen molar-refractivity contribution in [2.45, 2.75) is 39.3 Å².